The van der Waals surface area contributed by atoms with E-state index in [4.69, 9.17) is 4.74 Å². The molecule has 0 radical (unpaired) electrons. The number of hydrogen-bond donors (Lipinski definition) is 2. The highest BCUT2D eigenvalue weighted by molar-refractivity contribution is 9.10. The Labute approximate surface area is 104 Å². The van der Waals surface area contributed by atoms with Gasteiger partial charge in [-0.2, -0.15) is 0 Å². The Morgan fingerprint density at radius 3 is 3.00 bits per heavy atom. The van der Waals surface area contributed by atoms with Gasteiger partial charge < -0.3 is 15.2 Å². The molecule has 2 rings (SSSR count). The molecule has 0 saturated carbocycles. The quantitative estimate of drug-likeness (QED) is 0.891. The summed E-state index contributed by atoms with van der Waals surface area (Å²) in [7, 11) is 0. The van der Waals surface area contributed by atoms with E-state index in [0.717, 1.165) is 23.2 Å². The summed E-state index contributed by atoms with van der Waals surface area (Å²) in [6.45, 7) is 2.32. The second-order valence-electron chi connectivity index (χ2n) is 4.00. The van der Waals surface area contributed by atoms with E-state index in [9.17, 15) is 5.11 Å². The van der Waals surface area contributed by atoms with Crippen LogP contribution >= 0.6 is 15.9 Å². The normalized spacial score (nSPS) is 23.0. The third-order valence-corrected chi connectivity index (χ3v) is 3.49. The Morgan fingerprint density at radius 1 is 1.50 bits per heavy atom. The molecule has 0 amide bonds. The van der Waals surface area contributed by atoms with Gasteiger partial charge in [0.1, 0.15) is 0 Å². The first-order valence-corrected chi connectivity index (χ1v) is 6.30. The van der Waals surface area contributed by atoms with Crippen LogP contribution in [-0.2, 0) is 4.74 Å². The zero-order chi connectivity index (χ0) is 11.4. The van der Waals surface area contributed by atoms with E-state index in [1.165, 1.54) is 0 Å². The van der Waals surface area contributed by atoms with Crippen LogP contribution in [0.25, 0.3) is 0 Å². The van der Waals surface area contributed by atoms with Crippen LogP contribution in [0, 0.1) is 0 Å². The summed E-state index contributed by atoms with van der Waals surface area (Å²) in [5.74, 6) is 0. The second-order valence-corrected chi connectivity index (χ2v) is 4.85. The first-order chi connectivity index (χ1) is 7.77. The lowest BCUT2D eigenvalue weighted by Gasteiger charge is -2.26. The predicted octanol–water partition coefficient (Wildman–Crippen LogP) is 1.86. The molecule has 2 unspecified atom stereocenters. The molecule has 88 valence electrons. The number of ether oxygens (including phenoxy) is 1. The summed E-state index contributed by atoms with van der Waals surface area (Å²) >= 11 is 3.45. The van der Waals surface area contributed by atoms with Crippen LogP contribution in [0.15, 0.2) is 28.7 Å². The summed E-state index contributed by atoms with van der Waals surface area (Å²) in [6.07, 6.45) is 0.234. The molecule has 1 aliphatic rings. The third kappa shape index (κ3) is 3.04. The van der Waals surface area contributed by atoms with Crippen LogP contribution in [0.5, 0.6) is 0 Å². The Morgan fingerprint density at radius 2 is 2.31 bits per heavy atom. The van der Waals surface area contributed by atoms with Crippen molar-refractivity contribution in [3.05, 3.63) is 34.3 Å². The molecule has 1 aromatic rings. The van der Waals surface area contributed by atoms with Crippen molar-refractivity contribution in [3.8, 4) is 0 Å². The smallest absolute Gasteiger partial charge is 0.0816 e. The van der Waals surface area contributed by atoms with Gasteiger partial charge in [0.25, 0.3) is 0 Å². The lowest BCUT2D eigenvalue weighted by Crippen LogP contribution is -2.42. The van der Waals surface area contributed by atoms with E-state index < -0.39 is 6.10 Å². The molecule has 1 saturated heterocycles. The number of rotatable bonds is 3. The van der Waals surface area contributed by atoms with E-state index in [1.807, 2.05) is 24.3 Å². The van der Waals surface area contributed by atoms with Gasteiger partial charge in [-0.05, 0) is 18.1 Å². The number of benzene rings is 1. The van der Waals surface area contributed by atoms with E-state index in [0.29, 0.717) is 13.0 Å². The summed E-state index contributed by atoms with van der Waals surface area (Å²) in [5.41, 5.74) is 0.940. The number of nitrogens with one attached hydrogen (secondary N) is 1. The van der Waals surface area contributed by atoms with Crippen molar-refractivity contribution in [1.82, 2.24) is 5.32 Å². The molecule has 2 atom stereocenters. The van der Waals surface area contributed by atoms with Crippen molar-refractivity contribution in [3.63, 3.8) is 0 Å². The standard InChI is InChI=1S/C12H16BrNO2/c13-11-4-2-1-3-10(11)12(15)7-9-8-16-6-5-14-9/h1-4,9,12,14-15H,5-8H2. The molecule has 2 N–H and O–H groups in total. The van der Waals surface area contributed by atoms with Crippen LogP contribution in [0.4, 0.5) is 0 Å². The van der Waals surface area contributed by atoms with Gasteiger partial charge in [0, 0.05) is 17.1 Å². The Kier molecular flexibility index (Phi) is 4.35. The molecule has 3 nitrogen and oxygen atoms in total. The summed E-state index contributed by atoms with van der Waals surface area (Å²) in [6, 6.07) is 8.02. The molecular weight excluding hydrogens is 270 g/mol. The maximum atomic E-state index is 10.1. The molecule has 1 aromatic carbocycles. The number of aliphatic hydroxyl groups is 1. The minimum absolute atomic E-state index is 0.246. The van der Waals surface area contributed by atoms with Crippen molar-refractivity contribution >= 4 is 15.9 Å². The molecular formula is C12H16BrNO2. The van der Waals surface area contributed by atoms with Crippen molar-refractivity contribution in [1.29, 1.82) is 0 Å². The summed E-state index contributed by atoms with van der Waals surface area (Å²) in [5, 5.41) is 13.5. The Hall–Kier alpha value is -0.420. The average Bonchev–Trinajstić information content (AvgIpc) is 2.31. The third-order valence-electron chi connectivity index (χ3n) is 2.77. The van der Waals surface area contributed by atoms with E-state index >= 15 is 0 Å². The first-order valence-electron chi connectivity index (χ1n) is 5.51. The van der Waals surface area contributed by atoms with Gasteiger partial charge >= 0.3 is 0 Å². The zero-order valence-corrected chi connectivity index (χ0v) is 10.6. The number of halogens is 1. The fourth-order valence-corrected chi connectivity index (χ4v) is 2.46. The monoisotopic (exact) mass is 285 g/mol. The van der Waals surface area contributed by atoms with Crippen LogP contribution in [-0.4, -0.2) is 30.9 Å². The molecule has 0 aliphatic carbocycles. The fraction of sp³-hybridized carbons (Fsp3) is 0.500. The number of morpholine rings is 1. The van der Waals surface area contributed by atoms with Crippen molar-refractivity contribution in [2.45, 2.75) is 18.6 Å². The van der Waals surface area contributed by atoms with E-state index in [1.54, 1.807) is 0 Å². The predicted molar refractivity (Wildman–Crippen MR) is 66.3 cm³/mol. The maximum absolute atomic E-state index is 10.1. The van der Waals surface area contributed by atoms with Gasteiger partial charge in [-0.25, -0.2) is 0 Å². The molecule has 1 fully saturated rings. The maximum Gasteiger partial charge on any atom is 0.0816 e. The molecule has 16 heavy (non-hydrogen) atoms. The van der Waals surface area contributed by atoms with Crippen LogP contribution in [0.1, 0.15) is 18.1 Å². The van der Waals surface area contributed by atoms with Crippen molar-refractivity contribution in [2.75, 3.05) is 19.8 Å². The van der Waals surface area contributed by atoms with Gasteiger partial charge in [-0.1, -0.05) is 34.1 Å². The van der Waals surface area contributed by atoms with Crippen LogP contribution in [0.2, 0.25) is 0 Å². The topological polar surface area (TPSA) is 41.5 Å². The highest BCUT2D eigenvalue weighted by Gasteiger charge is 2.19. The highest BCUT2D eigenvalue weighted by Crippen LogP contribution is 2.26. The van der Waals surface area contributed by atoms with Gasteiger partial charge in [-0.3, -0.25) is 0 Å². The molecule has 1 aliphatic heterocycles. The lowest BCUT2D eigenvalue weighted by atomic mass is 10.0. The second kappa shape index (κ2) is 5.77. The zero-order valence-electron chi connectivity index (χ0n) is 9.03. The molecule has 0 bridgehead atoms. The number of hydrogen-bond acceptors (Lipinski definition) is 3. The average molecular weight is 286 g/mol. The number of aliphatic hydroxyl groups excluding tert-OH is 1. The lowest BCUT2D eigenvalue weighted by molar-refractivity contribution is 0.0517. The molecule has 1 heterocycles. The van der Waals surface area contributed by atoms with Gasteiger partial charge in [0.15, 0.2) is 0 Å². The minimum atomic E-state index is -0.449. The summed E-state index contributed by atoms with van der Waals surface area (Å²) in [4.78, 5) is 0. The van der Waals surface area contributed by atoms with Crippen LogP contribution in [0.3, 0.4) is 0 Å². The van der Waals surface area contributed by atoms with Gasteiger partial charge in [-0.15, -0.1) is 0 Å². The van der Waals surface area contributed by atoms with Crippen molar-refractivity contribution < 1.29 is 9.84 Å². The molecule has 4 heteroatoms. The van der Waals surface area contributed by atoms with E-state index in [2.05, 4.69) is 21.2 Å². The molecule has 0 aromatic heterocycles. The minimum Gasteiger partial charge on any atom is -0.388 e. The SMILES string of the molecule is OC(CC1COCCN1)c1ccccc1Br. The Bertz CT molecular complexity index is 340. The van der Waals surface area contributed by atoms with Crippen molar-refractivity contribution in [2.24, 2.45) is 0 Å². The van der Waals surface area contributed by atoms with Gasteiger partial charge in [0.05, 0.1) is 19.3 Å². The van der Waals surface area contributed by atoms with E-state index in [-0.39, 0.29) is 6.04 Å². The fourth-order valence-electron chi connectivity index (χ4n) is 1.91. The highest BCUT2D eigenvalue weighted by atomic mass is 79.9. The van der Waals surface area contributed by atoms with Crippen LogP contribution < -0.4 is 5.32 Å². The largest absolute Gasteiger partial charge is 0.388 e. The van der Waals surface area contributed by atoms with Gasteiger partial charge in [0.2, 0.25) is 0 Å². The molecule has 0 spiro atoms. The Balaban J connectivity index is 1.96. The first kappa shape index (κ1) is 12.0. The summed E-state index contributed by atoms with van der Waals surface area (Å²) < 4.78 is 6.32.